The van der Waals surface area contributed by atoms with Crippen LogP contribution >= 0.6 is 11.6 Å². The normalized spacial score (nSPS) is 10.3. The zero-order chi connectivity index (χ0) is 13.8. The van der Waals surface area contributed by atoms with Gasteiger partial charge < -0.3 is 15.6 Å². The van der Waals surface area contributed by atoms with Crippen LogP contribution in [0.3, 0.4) is 0 Å². The van der Waals surface area contributed by atoms with Crippen LogP contribution in [0, 0.1) is 6.92 Å². The molecular formula is C13H15ClN4O. The number of hydrogen-bond acceptors (Lipinski definition) is 3. The van der Waals surface area contributed by atoms with Gasteiger partial charge in [0.25, 0.3) is 0 Å². The van der Waals surface area contributed by atoms with Crippen LogP contribution in [0.15, 0.2) is 24.4 Å². The van der Waals surface area contributed by atoms with Gasteiger partial charge in [0.2, 0.25) is 5.91 Å². The van der Waals surface area contributed by atoms with Crippen molar-refractivity contribution in [3.8, 4) is 0 Å². The summed E-state index contributed by atoms with van der Waals surface area (Å²) in [4.78, 5) is 18.2. The number of aromatic amines is 1. The SMILES string of the molecule is CC(=O)Nc1ccc(NCc2cnc(C)[nH]2)cc1Cl. The van der Waals surface area contributed by atoms with Gasteiger partial charge in [-0.2, -0.15) is 0 Å². The van der Waals surface area contributed by atoms with Gasteiger partial charge in [-0.3, -0.25) is 4.79 Å². The Labute approximate surface area is 116 Å². The number of H-pyrrole nitrogens is 1. The van der Waals surface area contributed by atoms with Gasteiger partial charge in [-0.1, -0.05) is 11.6 Å². The van der Waals surface area contributed by atoms with Crippen molar-refractivity contribution < 1.29 is 4.79 Å². The summed E-state index contributed by atoms with van der Waals surface area (Å²) in [7, 11) is 0. The van der Waals surface area contributed by atoms with E-state index in [2.05, 4.69) is 20.6 Å². The van der Waals surface area contributed by atoms with Gasteiger partial charge in [0.15, 0.2) is 0 Å². The second-order valence-corrected chi connectivity index (χ2v) is 4.63. The van der Waals surface area contributed by atoms with Crippen molar-refractivity contribution in [1.29, 1.82) is 0 Å². The second-order valence-electron chi connectivity index (χ2n) is 4.22. The molecule has 2 aromatic rings. The van der Waals surface area contributed by atoms with Crippen molar-refractivity contribution in [2.24, 2.45) is 0 Å². The summed E-state index contributed by atoms with van der Waals surface area (Å²) in [5.41, 5.74) is 2.49. The van der Waals surface area contributed by atoms with Crippen molar-refractivity contribution in [3.63, 3.8) is 0 Å². The first-order valence-electron chi connectivity index (χ1n) is 5.86. The van der Waals surface area contributed by atoms with Gasteiger partial charge in [-0.05, 0) is 25.1 Å². The fourth-order valence-electron chi connectivity index (χ4n) is 1.67. The number of rotatable bonds is 4. The number of anilines is 2. The first-order valence-corrected chi connectivity index (χ1v) is 6.24. The Kier molecular flexibility index (Phi) is 4.06. The van der Waals surface area contributed by atoms with Crippen LogP contribution in [0.1, 0.15) is 18.4 Å². The van der Waals surface area contributed by atoms with Crippen LogP contribution in [0.25, 0.3) is 0 Å². The molecule has 0 aliphatic rings. The number of nitrogens with one attached hydrogen (secondary N) is 3. The number of benzene rings is 1. The van der Waals surface area contributed by atoms with Crippen LogP contribution in [-0.4, -0.2) is 15.9 Å². The Morgan fingerprint density at radius 2 is 2.26 bits per heavy atom. The summed E-state index contributed by atoms with van der Waals surface area (Å²) >= 11 is 6.08. The number of halogens is 1. The number of aromatic nitrogens is 2. The summed E-state index contributed by atoms with van der Waals surface area (Å²) in [5.74, 6) is 0.742. The minimum absolute atomic E-state index is 0.143. The number of hydrogen-bond donors (Lipinski definition) is 3. The Balaban J connectivity index is 2.01. The maximum atomic E-state index is 11.0. The first-order chi connectivity index (χ1) is 9.04. The van der Waals surface area contributed by atoms with E-state index >= 15 is 0 Å². The van der Waals surface area contributed by atoms with Crippen LogP contribution < -0.4 is 10.6 Å². The summed E-state index contributed by atoms with van der Waals surface area (Å²) in [6, 6.07) is 5.40. The third-order valence-corrected chi connectivity index (χ3v) is 2.83. The van der Waals surface area contributed by atoms with Gasteiger partial charge in [0.1, 0.15) is 5.82 Å². The summed E-state index contributed by atoms with van der Waals surface area (Å²) in [6.07, 6.45) is 1.79. The summed E-state index contributed by atoms with van der Waals surface area (Å²) in [5, 5.41) is 6.39. The fourth-order valence-corrected chi connectivity index (χ4v) is 1.90. The summed E-state index contributed by atoms with van der Waals surface area (Å²) in [6.45, 7) is 3.99. The minimum atomic E-state index is -0.143. The molecule has 0 aliphatic carbocycles. The highest BCUT2D eigenvalue weighted by atomic mass is 35.5. The molecule has 0 saturated heterocycles. The highest BCUT2D eigenvalue weighted by Gasteiger charge is 2.04. The third-order valence-electron chi connectivity index (χ3n) is 2.52. The maximum Gasteiger partial charge on any atom is 0.221 e. The number of carbonyl (C=O) groups is 1. The topological polar surface area (TPSA) is 69.8 Å². The quantitative estimate of drug-likeness (QED) is 0.805. The lowest BCUT2D eigenvalue weighted by Crippen LogP contribution is -2.06. The molecule has 1 heterocycles. The first kappa shape index (κ1) is 13.4. The van der Waals surface area contributed by atoms with Crippen molar-refractivity contribution in [1.82, 2.24) is 9.97 Å². The molecule has 19 heavy (non-hydrogen) atoms. The molecule has 100 valence electrons. The molecule has 6 heteroatoms. The molecule has 0 fully saturated rings. The van der Waals surface area contributed by atoms with Crippen molar-refractivity contribution in [2.45, 2.75) is 20.4 Å². The standard InChI is InChI=1S/C13H15ClN4O/c1-8-15-6-11(17-8)7-16-10-3-4-13(12(14)5-10)18-9(2)19/h3-6,16H,7H2,1-2H3,(H,15,17)(H,18,19). The molecule has 0 bridgehead atoms. The lowest BCUT2D eigenvalue weighted by molar-refractivity contribution is -0.114. The Hall–Kier alpha value is -2.01. The number of imidazole rings is 1. The number of nitrogens with zero attached hydrogens (tertiary/aromatic N) is 1. The van der Waals surface area contributed by atoms with E-state index in [1.54, 1.807) is 18.3 Å². The number of aryl methyl sites for hydroxylation is 1. The molecule has 1 aromatic carbocycles. The van der Waals surface area contributed by atoms with Crippen molar-refractivity contribution in [2.75, 3.05) is 10.6 Å². The van der Waals surface area contributed by atoms with E-state index in [9.17, 15) is 4.79 Å². The highest BCUT2D eigenvalue weighted by Crippen LogP contribution is 2.25. The average molecular weight is 279 g/mol. The maximum absolute atomic E-state index is 11.0. The molecule has 0 aliphatic heterocycles. The Morgan fingerprint density at radius 1 is 1.47 bits per heavy atom. The van der Waals surface area contributed by atoms with Crippen LogP contribution in [-0.2, 0) is 11.3 Å². The molecule has 0 saturated carbocycles. The van der Waals surface area contributed by atoms with E-state index in [1.165, 1.54) is 6.92 Å². The van der Waals surface area contributed by atoms with Crippen molar-refractivity contribution >= 4 is 28.9 Å². The molecule has 5 nitrogen and oxygen atoms in total. The van der Waals surface area contributed by atoms with E-state index in [1.807, 2.05) is 13.0 Å². The smallest absolute Gasteiger partial charge is 0.221 e. The monoisotopic (exact) mass is 278 g/mol. The highest BCUT2D eigenvalue weighted by molar-refractivity contribution is 6.34. The summed E-state index contributed by atoms with van der Waals surface area (Å²) < 4.78 is 0. The second kappa shape index (κ2) is 5.75. The predicted octanol–water partition coefficient (Wildman–Crippen LogP) is 2.94. The van der Waals surface area contributed by atoms with E-state index in [0.29, 0.717) is 17.3 Å². The van der Waals surface area contributed by atoms with Gasteiger partial charge >= 0.3 is 0 Å². The van der Waals surface area contributed by atoms with Crippen LogP contribution in [0.4, 0.5) is 11.4 Å². The molecule has 2 rings (SSSR count). The Bertz CT molecular complexity index is 594. The average Bonchev–Trinajstić information content (AvgIpc) is 2.75. The molecule has 0 atom stereocenters. The van der Waals surface area contributed by atoms with E-state index < -0.39 is 0 Å². The molecule has 0 spiro atoms. The molecule has 3 N–H and O–H groups in total. The molecule has 0 unspecified atom stereocenters. The van der Waals surface area contributed by atoms with E-state index in [4.69, 9.17) is 11.6 Å². The number of carbonyl (C=O) groups excluding carboxylic acids is 1. The zero-order valence-electron chi connectivity index (χ0n) is 10.7. The molecule has 1 aromatic heterocycles. The zero-order valence-corrected chi connectivity index (χ0v) is 11.5. The van der Waals surface area contributed by atoms with E-state index in [-0.39, 0.29) is 5.91 Å². The van der Waals surface area contributed by atoms with Crippen molar-refractivity contribution in [3.05, 3.63) is 40.9 Å². The van der Waals surface area contributed by atoms with Crippen LogP contribution in [0.2, 0.25) is 5.02 Å². The molecular weight excluding hydrogens is 264 g/mol. The number of amides is 1. The predicted molar refractivity (Wildman–Crippen MR) is 76.4 cm³/mol. The largest absolute Gasteiger partial charge is 0.379 e. The fraction of sp³-hybridized carbons (Fsp3) is 0.231. The molecule has 0 radical (unpaired) electrons. The van der Waals surface area contributed by atoms with Gasteiger partial charge in [-0.15, -0.1) is 0 Å². The lowest BCUT2D eigenvalue weighted by atomic mass is 10.2. The molecule has 1 amide bonds. The van der Waals surface area contributed by atoms with Gasteiger partial charge in [0, 0.05) is 12.6 Å². The lowest BCUT2D eigenvalue weighted by Gasteiger charge is -2.09. The van der Waals surface area contributed by atoms with Gasteiger partial charge in [0.05, 0.1) is 29.1 Å². The van der Waals surface area contributed by atoms with Crippen LogP contribution in [0.5, 0.6) is 0 Å². The van der Waals surface area contributed by atoms with Gasteiger partial charge in [-0.25, -0.2) is 4.98 Å². The third kappa shape index (κ3) is 3.72. The minimum Gasteiger partial charge on any atom is -0.379 e. The van der Waals surface area contributed by atoms with E-state index in [0.717, 1.165) is 17.2 Å². The Morgan fingerprint density at radius 3 is 2.84 bits per heavy atom.